The third-order valence-electron chi connectivity index (χ3n) is 4.68. The standard InChI is InChI=1S/C22H20N2O4S/c25-22(16-28-19-7-2-1-3-8-19)23-18-10-12-20(13-11-18)29(26,27)24-15-14-17-6-4-5-9-21(17)24/h1-13H,14-16H2,(H,23,25). The molecule has 0 spiro atoms. The van der Waals surface area contributed by atoms with Crippen molar-refractivity contribution in [2.75, 3.05) is 22.8 Å². The quantitative estimate of drug-likeness (QED) is 0.678. The van der Waals surface area contributed by atoms with E-state index in [-0.39, 0.29) is 17.4 Å². The van der Waals surface area contributed by atoms with Gasteiger partial charge in [0.1, 0.15) is 5.75 Å². The van der Waals surface area contributed by atoms with Crippen LogP contribution in [0.25, 0.3) is 0 Å². The molecule has 6 nitrogen and oxygen atoms in total. The second-order valence-electron chi connectivity index (χ2n) is 6.63. The van der Waals surface area contributed by atoms with E-state index in [0.29, 0.717) is 24.4 Å². The molecular formula is C22H20N2O4S. The van der Waals surface area contributed by atoms with Crippen LogP contribution in [0.2, 0.25) is 0 Å². The highest BCUT2D eigenvalue weighted by molar-refractivity contribution is 7.92. The largest absolute Gasteiger partial charge is 0.484 e. The fraction of sp³-hybridized carbons (Fsp3) is 0.136. The highest BCUT2D eigenvalue weighted by atomic mass is 32.2. The number of hydrogen-bond acceptors (Lipinski definition) is 4. The second kappa shape index (κ2) is 7.97. The lowest BCUT2D eigenvalue weighted by Crippen LogP contribution is -2.29. The lowest BCUT2D eigenvalue weighted by molar-refractivity contribution is -0.118. The number of sulfonamides is 1. The van der Waals surface area contributed by atoms with Crippen LogP contribution in [0, 0.1) is 0 Å². The minimum absolute atomic E-state index is 0.130. The molecule has 0 aliphatic carbocycles. The van der Waals surface area contributed by atoms with Gasteiger partial charge in [-0.25, -0.2) is 8.42 Å². The van der Waals surface area contributed by atoms with E-state index in [1.807, 2.05) is 42.5 Å². The van der Waals surface area contributed by atoms with E-state index >= 15 is 0 Å². The van der Waals surface area contributed by atoms with Gasteiger partial charge in [0, 0.05) is 12.2 Å². The molecule has 0 unspecified atom stereocenters. The molecule has 1 N–H and O–H groups in total. The maximum absolute atomic E-state index is 13.0. The van der Waals surface area contributed by atoms with Gasteiger partial charge in [0.05, 0.1) is 10.6 Å². The minimum Gasteiger partial charge on any atom is -0.484 e. The van der Waals surface area contributed by atoms with E-state index in [2.05, 4.69) is 5.32 Å². The Labute approximate surface area is 169 Å². The first kappa shape index (κ1) is 19.0. The summed E-state index contributed by atoms with van der Waals surface area (Å²) >= 11 is 0. The molecular weight excluding hydrogens is 388 g/mol. The summed E-state index contributed by atoms with van der Waals surface area (Å²) in [6.45, 7) is 0.297. The monoisotopic (exact) mass is 408 g/mol. The Morgan fingerprint density at radius 2 is 1.62 bits per heavy atom. The molecule has 0 atom stereocenters. The SMILES string of the molecule is O=C(COc1ccccc1)Nc1ccc(S(=O)(=O)N2CCc3ccccc32)cc1. The molecule has 29 heavy (non-hydrogen) atoms. The van der Waals surface area contributed by atoms with Crippen LogP contribution >= 0.6 is 0 Å². The van der Waals surface area contributed by atoms with Crippen LogP contribution in [-0.2, 0) is 21.2 Å². The van der Waals surface area contributed by atoms with Crippen molar-refractivity contribution >= 4 is 27.3 Å². The summed E-state index contributed by atoms with van der Waals surface area (Å²) in [6, 6.07) is 22.7. The predicted molar refractivity (Wildman–Crippen MR) is 112 cm³/mol. The van der Waals surface area contributed by atoms with E-state index < -0.39 is 10.0 Å². The van der Waals surface area contributed by atoms with Gasteiger partial charge in [0.25, 0.3) is 15.9 Å². The number of carbonyl (C=O) groups is 1. The van der Waals surface area contributed by atoms with Crippen molar-refractivity contribution in [2.45, 2.75) is 11.3 Å². The average molecular weight is 408 g/mol. The summed E-state index contributed by atoms with van der Waals surface area (Å²) in [5, 5.41) is 2.70. The Bertz CT molecular complexity index is 1110. The molecule has 1 heterocycles. The van der Waals surface area contributed by atoms with Gasteiger partial charge >= 0.3 is 0 Å². The van der Waals surface area contributed by atoms with Crippen LogP contribution < -0.4 is 14.4 Å². The van der Waals surface area contributed by atoms with Gasteiger partial charge in [-0.05, 0) is 54.4 Å². The molecule has 148 valence electrons. The first-order valence-electron chi connectivity index (χ1n) is 9.22. The number of ether oxygens (including phenoxy) is 1. The Morgan fingerprint density at radius 3 is 2.38 bits per heavy atom. The number of para-hydroxylation sites is 2. The molecule has 0 saturated heterocycles. The van der Waals surface area contributed by atoms with Crippen LogP contribution in [-0.4, -0.2) is 27.5 Å². The van der Waals surface area contributed by atoms with Gasteiger partial charge in [0.2, 0.25) is 0 Å². The number of anilines is 2. The zero-order chi connectivity index (χ0) is 20.3. The Kier molecular flexibility index (Phi) is 5.22. The summed E-state index contributed by atoms with van der Waals surface area (Å²) in [7, 11) is -3.65. The van der Waals surface area contributed by atoms with Crippen LogP contribution in [0.4, 0.5) is 11.4 Å². The number of rotatable bonds is 6. The summed E-state index contributed by atoms with van der Waals surface area (Å²) in [4.78, 5) is 12.2. The van der Waals surface area contributed by atoms with Crippen molar-refractivity contribution in [3.05, 3.63) is 84.4 Å². The smallest absolute Gasteiger partial charge is 0.264 e. The normalized spacial score (nSPS) is 13.0. The van der Waals surface area contributed by atoms with Crippen LogP contribution in [0.3, 0.4) is 0 Å². The van der Waals surface area contributed by atoms with Crippen molar-refractivity contribution in [2.24, 2.45) is 0 Å². The van der Waals surface area contributed by atoms with Gasteiger partial charge in [0.15, 0.2) is 6.61 Å². The Balaban J connectivity index is 1.42. The molecule has 0 radical (unpaired) electrons. The fourth-order valence-electron chi connectivity index (χ4n) is 3.26. The molecule has 0 bridgehead atoms. The topological polar surface area (TPSA) is 75.7 Å². The van der Waals surface area contributed by atoms with E-state index in [9.17, 15) is 13.2 Å². The number of nitrogens with zero attached hydrogens (tertiary/aromatic N) is 1. The van der Waals surface area contributed by atoms with E-state index in [1.54, 1.807) is 24.3 Å². The van der Waals surface area contributed by atoms with Crippen molar-refractivity contribution < 1.29 is 17.9 Å². The first-order valence-corrected chi connectivity index (χ1v) is 10.7. The number of benzene rings is 3. The predicted octanol–water partition coefficient (Wildman–Crippen LogP) is 3.46. The lowest BCUT2D eigenvalue weighted by atomic mass is 10.2. The first-order chi connectivity index (χ1) is 14.0. The molecule has 0 aromatic heterocycles. The zero-order valence-electron chi connectivity index (χ0n) is 15.6. The van der Waals surface area contributed by atoms with Crippen molar-refractivity contribution in [1.82, 2.24) is 0 Å². The van der Waals surface area contributed by atoms with E-state index in [1.165, 1.54) is 16.4 Å². The third-order valence-corrected chi connectivity index (χ3v) is 6.51. The van der Waals surface area contributed by atoms with Crippen molar-refractivity contribution in [1.29, 1.82) is 0 Å². The van der Waals surface area contributed by atoms with Crippen molar-refractivity contribution in [3.8, 4) is 5.75 Å². The molecule has 1 aliphatic heterocycles. The number of carbonyl (C=O) groups excluding carboxylic acids is 1. The molecule has 7 heteroatoms. The Hall–Kier alpha value is -3.32. The van der Waals surface area contributed by atoms with Crippen molar-refractivity contribution in [3.63, 3.8) is 0 Å². The number of nitrogens with one attached hydrogen (secondary N) is 1. The fourth-order valence-corrected chi connectivity index (χ4v) is 4.76. The summed E-state index contributed by atoms with van der Waals surface area (Å²) < 4.78 is 32.9. The minimum atomic E-state index is -3.65. The van der Waals surface area contributed by atoms with Crippen LogP contribution in [0.15, 0.2) is 83.8 Å². The van der Waals surface area contributed by atoms with E-state index in [0.717, 1.165) is 11.3 Å². The van der Waals surface area contributed by atoms with Gasteiger partial charge in [-0.1, -0.05) is 36.4 Å². The van der Waals surface area contributed by atoms with Crippen LogP contribution in [0.5, 0.6) is 5.75 Å². The summed E-state index contributed by atoms with van der Waals surface area (Å²) in [5.74, 6) is 0.285. The van der Waals surface area contributed by atoms with Crippen LogP contribution in [0.1, 0.15) is 5.56 Å². The molecule has 3 aromatic carbocycles. The molecule has 1 amide bonds. The van der Waals surface area contributed by atoms with Gasteiger partial charge < -0.3 is 10.1 Å². The number of fused-ring (bicyclic) bond motifs is 1. The number of hydrogen-bond donors (Lipinski definition) is 1. The maximum atomic E-state index is 13.0. The van der Waals surface area contributed by atoms with Gasteiger partial charge in [-0.15, -0.1) is 0 Å². The Morgan fingerprint density at radius 1 is 0.931 bits per heavy atom. The highest BCUT2D eigenvalue weighted by Gasteiger charge is 2.30. The maximum Gasteiger partial charge on any atom is 0.264 e. The van der Waals surface area contributed by atoms with Gasteiger partial charge in [-0.2, -0.15) is 0 Å². The number of amides is 1. The third kappa shape index (κ3) is 4.09. The van der Waals surface area contributed by atoms with Gasteiger partial charge in [-0.3, -0.25) is 9.10 Å². The molecule has 3 aromatic rings. The lowest BCUT2D eigenvalue weighted by Gasteiger charge is -2.19. The molecule has 0 fully saturated rings. The summed E-state index contributed by atoms with van der Waals surface area (Å²) in [5.41, 5.74) is 2.26. The molecule has 1 aliphatic rings. The second-order valence-corrected chi connectivity index (χ2v) is 8.49. The zero-order valence-corrected chi connectivity index (χ0v) is 16.4. The molecule has 0 saturated carbocycles. The summed E-state index contributed by atoms with van der Waals surface area (Å²) in [6.07, 6.45) is 0.699. The molecule has 4 rings (SSSR count). The average Bonchev–Trinajstić information content (AvgIpc) is 3.18. The highest BCUT2D eigenvalue weighted by Crippen LogP contribution is 2.32. The van der Waals surface area contributed by atoms with E-state index in [4.69, 9.17) is 4.74 Å².